The minimum atomic E-state index is -3.48. The maximum absolute atomic E-state index is 12.4. The summed E-state index contributed by atoms with van der Waals surface area (Å²) in [6.45, 7) is 3.23. The van der Waals surface area contributed by atoms with Gasteiger partial charge in [0.25, 0.3) is 0 Å². The van der Waals surface area contributed by atoms with E-state index >= 15 is 0 Å². The monoisotopic (exact) mass is 310 g/mol. The standard InChI is InChI=1S/C15H22N2O3S/c1-11-15(7-8-20-11)17-21(18,19)14-4-2-3-12(9-14)10-16-13-5-6-13/h2-4,9,11,13,15-17H,5-8,10H2,1H3. The normalized spacial score (nSPS) is 26.1. The molecule has 1 saturated carbocycles. The minimum absolute atomic E-state index is 0.0699. The fourth-order valence-corrected chi connectivity index (χ4v) is 3.93. The number of sulfonamides is 1. The van der Waals surface area contributed by atoms with Gasteiger partial charge in [0.2, 0.25) is 10.0 Å². The topological polar surface area (TPSA) is 67.4 Å². The van der Waals surface area contributed by atoms with Gasteiger partial charge in [0.15, 0.2) is 0 Å². The summed E-state index contributed by atoms with van der Waals surface area (Å²) in [5, 5.41) is 3.40. The van der Waals surface area contributed by atoms with Crippen LogP contribution in [0.2, 0.25) is 0 Å². The van der Waals surface area contributed by atoms with E-state index in [9.17, 15) is 8.42 Å². The molecule has 0 aromatic heterocycles. The second-order valence-electron chi connectivity index (χ2n) is 5.89. The molecule has 2 aliphatic rings. The predicted molar refractivity (Wildman–Crippen MR) is 80.4 cm³/mol. The maximum Gasteiger partial charge on any atom is 0.240 e. The van der Waals surface area contributed by atoms with E-state index in [1.54, 1.807) is 18.2 Å². The quantitative estimate of drug-likeness (QED) is 0.833. The van der Waals surface area contributed by atoms with Crippen LogP contribution in [0.25, 0.3) is 0 Å². The first-order valence-corrected chi connectivity index (χ1v) is 8.99. The van der Waals surface area contributed by atoms with Gasteiger partial charge in [-0.15, -0.1) is 0 Å². The highest BCUT2D eigenvalue weighted by Gasteiger charge is 2.29. The molecule has 1 heterocycles. The molecule has 2 fully saturated rings. The molecular formula is C15H22N2O3S. The van der Waals surface area contributed by atoms with Crippen LogP contribution in [0.4, 0.5) is 0 Å². The number of rotatable bonds is 6. The highest BCUT2D eigenvalue weighted by molar-refractivity contribution is 7.89. The summed E-state index contributed by atoms with van der Waals surface area (Å²) in [7, 11) is -3.48. The van der Waals surface area contributed by atoms with Crippen molar-refractivity contribution >= 4 is 10.0 Å². The highest BCUT2D eigenvalue weighted by Crippen LogP contribution is 2.20. The molecule has 0 radical (unpaired) electrons. The lowest BCUT2D eigenvalue weighted by atomic mass is 10.2. The van der Waals surface area contributed by atoms with E-state index in [1.807, 2.05) is 13.0 Å². The molecule has 2 unspecified atom stereocenters. The van der Waals surface area contributed by atoms with Crippen molar-refractivity contribution in [2.45, 2.75) is 55.8 Å². The van der Waals surface area contributed by atoms with E-state index in [0.29, 0.717) is 17.5 Å². The van der Waals surface area contributed by atoms with Gasteiger partial charge in [0.05, 0.1) is 17.0 Å². The van der Waals surface area contributed by atoms with Crippen LogP contribution in [0, 0.1) is 0 Å². The van der Waals surface area contributed by atoms with E-state index in [4.69, 9.17) is 4.74 Å². The fourth-order valence-electron chi connectivity index (χ4n) is 2.53. The Hall–Kier alpha value is -0.950. The molecule has 0 bridgehead atoms. The SMILES string of the molecule is CC1OCCC1NS(=O)(=O)c1cccc(CNC2CC2)c1. The van der Waals surface area contributed by atoms with Gasteiger partial charge in [-0.3, -0.25) is 0 Å². The lowest BCUT2D eigenvalue weighted by Gasteiger charge is -2.16. The van der Waals surface area contributed by atoms with Crippen molar-refractivity contribution in [2.24, 2.45) is 0 Å². The molecule has 21 heavy (non-hydrogen) atoms. The summed E-state index contributed by atoms with van der Waals surface area (Å²) < 4.78 is 33.1. The van der Waals surface area contributed by atoms with Gasteiger partial charge in [0.1, 0.15) is 0 Å². The summed E-state index contributed by atoms with van der Waals surface area (Å²) in [4.78, 5) is 0.330. The van der Waals surface area contributed by atoms with E-state index in [-0.39, 0.29) is 12.1 Å². The smallest absolute Gasteiger partial charge is 0.240 e. The highest BCUT2D eigenvalue weighted by atomic mass is 32.2. The molecule has 1 aliphatic heterocycles. The molecule has 116 valence electrons. The van der Waals surface area contributed by atoms with Crippen molar-refractivity contribution in [3.63, 3.8) is 0 Å². The van der Waals surface area contributed by atoms with Crippen molar-refractivity contribution in [3.8, 4) is 0 Å². The molecule has 2 N–H and O–H groups in total. The fraction of sp³-hybridized carbons (Fsp3) is 0.600. The molecule has 6 heteroatoms. The van der Waals surface area contributed by atoms with Gasteiger partial charge in [-0.1, -0.05) is 12.1 Å². The Labute approximate surface area is 126 Å². The van der Waals surface area contributed by atoms with Crippen molar-refractivity contribution in [3.05, 3.63) is 29.8 Å². The zero-order valence-electron chi connectivity index (χ0n) is 12.2. The van der Waals surface area contributed by atoms with Crippen LogP contribution >= 0.6 is 0 Å². The largest absolute Gasteiger partial charge is 0.377 e. The van der Waals surface area contributed by atoms with E-state index in [0.717, 1.165) is 18.5 Å². The van der Waals surface area contributed by atoms with E-state index in [1.165, 1.54) is 12.8 Å². The first kappa shape index (κ1) is 15.0. The predicted octanol–water partition coefficient (Wildman–Crippen LogP) is 1.39. The van der Waals surface area contributed by atoms with Crippen molar-refractivity contribution in [2.75, 3.05) is 6.61 Å². The Morgan fingerprint density at radius 2 is 2.10 bits per heavy atom. The van der Waals surface area contributed by atoms with Gasteiger partial charge in [0, 0.05) is 19.2 Å². The van der Waals surface area contributed by atoms with Crippen LogP contribution in [0.1, 0.15) is 31.7 Å². The van der Waals surface area contributed by atoms with Crippen molar-refractivity contribution in [1.82, 2.24) is 10.0 Å². The van der Waals surface area contributed by atoms with Gasteiger partial charge in [-0.25, -0.2) is 13.1 Å². The number of ether oxygens (including phenoxy) is 1. The first-order chi connectivity index (χ1) is 10.0. The van der Waals surface area contributed by atoms with Gasteiger partial charge in [-0.2, -0.15) is 0 Å². The summed E-state index contributed by atoms with van der Waals surface area (Å²) in [6.07, 6.45) is 3.10. The Balaban J connectivity index is 1.69. The molecule has 3 rings (SSSR count). The Bertz CT molecular complexity index is 599. The third-order valence-electron chi connectivity index (χ3n) is 4.06. The Kier molecular flexibility index (Phi) is 4.31. The lowest BCUT2D eigenvalue weighted by molar-refractivity contribution is 0.117. The maximum atomic E-state index is 12.4. The molecule has 0 spiro atoms. The summed E-state index contributed by atoms with van der Waals surface area (Å²) in [6, 6.07) is 7.62. The van der Waals surface area contributed by atoms with Crippen LogP contribution in [0.15, 0.2) is 29.2 Å². The zero-order valence-corrected chi connectivity index (χ0v) is 13.0. The van der Waals surface area contributed by atoms with Gasteiger partial charge >= 0.3 is 0 Å². The molecule has 5 nitrogen and oxygen atoms in total. The molecule has 1 aliphatic carbocycles. The lowest BCUT2D eigenvalue weighted by Crippen LogP contribution is -2.39. The van der Waals surface area contributed by atoms with Crippen LogP contribution in [-0.4, -0.2) is 33.2 Å². The number of hydrogen-bond donors (Lipinski definition) is 2. The molecule has 1 aromatic carbocycles. The number of benzene rings is 1. The molecule has 2 atom stereocenters. The van der Waals surface area contributed by atoms with Crippen LogP contribution in [-0.2, 0) is 21.3 Å². The van der Waals surface area contributed by atoms with E-state index in [2.05, 4.69) is 10.0 Å². The third kappa shape index (κ3) is 3.83. The van der Waals surface area contributed by atoms with Crippen LogP contribution in [0.5, 0.6) is 0 Å². The van der Waals surface area contributed by atoms with Gasteiger partial charge in [-0.05, 0) is 43.9 Å². The van der Waals surface area contributed by atoms with Crippen LogP contribution in [0.3, 0.4) is 0 Å². The average molecular weight is 310 g/mol. The van der Waals surface area contributed by atoms with Gasteiger partial charge < -0.3 is 10.1 Å². The average Bonchev–Trinajstić information content (AvgIpc) is 3.21. The van der Waals surface area contributed by atoms with Crippen LogP contribution < -0.4 is 10.0 Å². The summed E-state index contributed by atoms with van der Waals surface area (Å²) >= 11 is 0. The minimum Gasteiger partial charge on any atom is -0.377 e. The summed E-state index contributed by atoms with van der Waals surface area (Å²) in [5.41, 5.74) is 1.00. The Morgan fingerprint density at radius 3 is 2.76 bits per heavy atom. The second kappa shape index (κ2) is 6.04. The molecular weight excluding hydrogens is 288 g/mol. The number of nitrogens with one attached hydrogen (secondary N) is 2. The molecule has 1 saturated heterocycles. The summed E-state index contributed by atoms with van der Waals surface area (Å²) in [5.74, 6) is 0. The third-order valence-corrected chi connectivity index (χ3v) is 5.55. The molecule has 0 amide bonds. The van der Waals surface area contributed by atoms with Crippen molar-refractivity contribution < 1.29 is 13.2 Å². The second-order valence-corrected chi connectivity index (χ2v) is 7.61. The molecule has 1 aromatic rings. The van der Waals surface area contributed by atoms with E-state index < -0.39 is 10.0 Å². The van der Waals surface area contributed by atoms with Crippen molar-refractivity contribution in [1.29, 1.82) is 0 Å². The number of hydrogen-bond acceptors (Lipinski definition) is 4. The Morgan fingerprint density at radius 1 is 1.29 bits per heavy atom. The first-order valence-electron chi connectivity index (χ1n) is 7.51. The zero-order chi connectivity index (χ0) is 14.9.